The molecule has 0 bridgehead atoms. The van der Waals surface area contributed by atoms with Gasteiger partial charge in [0.15, 0.2) is 0 Å². The quantitative estimate of drug-likeness (QED) is 0.362. The van der Waals surface area contributed by atoms with Crippen molar-refractivity contribution < 1.29 is 58.9 Å². The first-order chi connectivity index (χ1) is 4.47. The first kappa shape index (κ1) is 19.0. The molecule has 0 aliphatic rings. The fourth-order valence-electron chi connectivity index (χ4n) is 0.928. The van der Waals surface area contributed by atoms with Crippen molar-refractivity contribution in [1.82, 2.24) is 4.98 Å². The number of hydrogen-bond donors (Lipinski definition) is 1. The molecule has 0 saturated heterocycles. The Morgan fingerprint density at radius 3 is 2.23 bits per heavy atom. The molecule has 1 aromatic heterocycles. The van der Waals surface area contributed by atoms with Crippen molar-refractivity contribution in [2.75, 3.05) is 0 Å². The van der Waals surface area contributed by atoms with E-state index in [0.717, 1.165) is 5.52 Å². The summed E-state index contributed by atoms with van der Waals surface area (Å²) in [4.78, 5) is 2.99. The number of nitrogens with one attached hydrogen (secondary N) is 1. The molecule has 0 atom stereocenters. The van der Waals surface area contributed by atoms with Crippen molar-refractivity contribution in [3.05, 3.63) is 36.5 Å². The summed E-state index contributed by atoms with van der Waals surface area (Å²) in [7, 11) is 0. The molecule has 5 heteroatoms. The van der Waals surface area contributed by atoms with Crippen LogP contribution in [0.25, 0.3) is 10.9 Å². The molecule has 2 aromatic rings. The van der Waals surface area contributed by atoms with E-state index in [-0.39, 0.29) is 58.9 Å². The molecule has 13 heavy (non-hydrogen) atoms. The zero-order valence-corrected chi connectivity index (χ0v) is 10.3. The third-order valence-corrected chi connectivity index (χ3v) is 1.40. The predicted octanol–water partition coefficient (Wildman–Crippen LogP) is -7.02. The number of aromatic nitrogens is 1. The van der Waals surface area contributed by atoms with Gasteiger partial charge < -0.3 is 42.2 Å². The predicted molar refractivity (Wildman–Crippen MR) is 37.1 cm³/mol. The third kappa shape index (κ3) is 4.39. The van der Waals surface area contributed by atoms with Crippen LogP contribution in [0.15, 0.2) is 30.3 Å². The van der Waals surface area contributed by atoms with Gasteiger partial charge >= 0.3 is 21.7 Å². The van der Waals surface area contributed by atoms with Gasteiger partial charge in [-0.05, 0) is 0 Å². The maximum absolute atomic E-state index is 2.99. The molecule has 0 fully saturated rings. The Bertz CT molecular complexity index is 293. The zero-order valence-electron chi connectivity index (χ0n) is 6.52. The fourth-order valence-corrected chi connectivity index (χ4v) is 0.928. The van der Waals surface area contributed by atoms with Gasteiger partial charge in [-0.25, -0.2) is 0 Å². The van der Waals surface area contributed by atoms with Crippen LogP contribution in [0, 0.1) is 6.20 Å². The van der Waals surface area contributed by atoms with Crippen LogP contribution in [0.5, 0.6) is 0 Å². The van der Waals surface area contributed by atoms with Crippen molar-refractivity contribution in [2.45, 2.75) is 0 Å². The number of H-pyrrole nitrogens is 1. The smallest absolute Gasteiger partial charge is 1.00 e. The van der Waals surface area contributed by atoms with E-state index < -0.39 is 0 Å². The van der Waals surface area contributed by atoms with Crippen molar-refractivity contribution in [3.63, 3.8) is 0 Å². The Balaban J connectivity index is -0.000000250. The van der Waals surface area contributed by atoms with Crippen LogP contribution >= 0.6 is 0 Å². The first-order valence-electron chi connectivity index (χ1n) is 2.90. The molecular formula is C8H6Cl3NTi. The number of aromatic amines is 1. The van der Waals surface area contributed by atoms with Gasteiger partial charge in [0.05, 0.1) is 0 Å². The second kappa shape index (κ2) is 8.92. The van der Waals surface area contributed by atoms with Crippen LogP contribution < -0.4 is 37.2 Å². The van der Waals surface area contributed by atoms with Gasteiger partial charge in [0, 0.05) is 0 Å². The molecule has 0 aliphatic carbocycles. The van der Waals surface area contributed by atoms with Gasteiger partial charge in [-0.15, -0.1) is 23.8 Å². The molecule has 68 valence electrons. The monoisotopic (exact) mass is 269 g/mol. The van der Waals surface area contributed by atoms with Crippen LogP contribution in [-0.2, 0) is 21.7 Å². The van der Waals surface area contributed by atoms with Crippen LogP contribution in [0.1, 0.15) is 0 Å². The number of benzene rings is 1. The van der Waals surface area contributed by atoms with E-state index in [1.807, 2.05) is 24.3 Å². The van der Waals surface area contributed by atoms with Crippen LogP contribution in [0.2, 0.25) is 0 Å². The summed E-state index contributed by atoms with van der Waals surface area (Å²) < 4.78 is 0. The standard InChI is InChI=1S/C8H6N.3ClH.Ti/c1-2-4-8-7(3-1)5-6-9-8;;;;/h1-5,9H;3*1H;/q-1;;;;+4/p-3. The molecule has 0 amide bonds. The third-order valence-electron chi connectivity index (χ3n) is 1.40. The van der Waals surface area contributed by atoms with E-state index in [1.54, 1.807) is 0 Å². The first-order valence-corrected chi connectivity index (χ1v) is 2.90. The van der Waals surface area contributed by atoms with E-state index in [2.05, 4.69) is 17.2 Å². The second-order valence-electron chi connectivity index (χ2n) is 2.00. The van der Waals surface area contributed by atoms with Crippen molar-refractivity contribution >= 4 is 10.9 Å². The van der Waals surface area contributed by atoms with Crippen LogP contribution in [-0.4, -0.2) is 4.98 Å². The van der Waals surface area contributed by atoms with Crippen LogP contribution in [0.3, 0.4) is 0 Å². The molecule has 0 saturated carbocycles. The van der Waals surface area contributed by atoms with Crippen molar-refractivity contribution in [3.8, 4) is 0 Å². The minimum atomic E-state index is 0. The molecule has 1 heterocycles. The fraction of sp³-hybridized carbons (Fsp3) is 0. The van der Waals surface area contributed by atoms with Crippen molar-refractivity contribution in [1.29, 1.82) is 0 Å². The maximum Gasteiger partial charge on any atom is 4.00 e. The van der Waals surface area contributed by atoms with Gasteiger partial charge in [0.25, 0.3) is 0 Å². The molecule has 1 N–H and O–H groups in total. The minimum absolute atomic E-state index is 0. The Labute approximate surface area is 111 Å². The summed E-state index contributed by atoms with van der Waals surface area (Å²) >= 11 is 0. The van der Waals surface area contributed by atoms with E-state index in [0.29, 0.717) is 0 Å². The summed E-state index contributed by atoms with van der Waals surface area (Å²) in [5, 5.41) is 1.22. The number of fused-ring (bicyclic) bond motifs is 1. The molecule has 0 aliphatic heterocycles. The summed E-state index contributed by atoms with van der Waals surface area (Å²) in [5.74, 6) is 0. The van der Waals surface area contributed by atoms with E-state index in [9.17, 15) is 0 Å². The molecule has 2 rings (SSSR count). The van der Waals surface area contributed by atoms with E-state index in [4.69, 9.17) is 0 Å². The average molecular weight is 270 g/mol. The van der Waals surface area contributed by atoms with Gasteiger partial charge in [0.2, 0.25) is 0 Å². The molecule has 1 aromatic carbocycles. The van der Waals surface area contributed by atoms with Gasteiger partial charge in [-0.2, -0.15) is 11.5 Å². The summed E-state index contributed by atoms with van der Waals surface area (Å²) in [5.41, 5.74) is 1.15. The van der Waals surface area contributed by atoms with Gasteiger partial charge in [-0.3, -0.25) is 0 Å². The Hall–Kier alpha value is 0.344. The topological polar surface area (TPSA) is 15.8 Å². The second-order valence-corrected chi connectivity index (χ2v) is 2.00. The molecule has 1 nitrogen and oxygen atoms in total. The Morgan fingerprint density at radius 1 is 1.00 bits per heavy atom. The van der Waals surface area contributed by atoms with Crippen LogP contribution in [0.4, 0.5) is 0 Å². The summed E-state index contributed by atoms with van der Waals surface area (Å²) in [6, 6.07) is 10.1. The summed E-state index contributed by atoms with van der Waals surface area (Å²) in [6.45, 7) is 0. The van der Waals surface area contributed by atoms with E-state index in [1.165, 1.54) is 5.39 Å². The number of halogens is 3. The normalized spacial score (nSPS) is 7.08. The van der Waals surface area contributed by atoms with Gasteiger partial charge in [-0.1, -0.05) is 12.1 Å². The molecule has 0 unspecified atom stereocenters. The van der Waals surface area contributed by atoms with Crippen molar-refractivity contribution in [2.24, 2.45) is 0 Å². The molecular weight excluding hydrogens is 264 g/mol. The number of para-hydroxylation sites is 1. The molecule has 0 spiro atoms. The largest absolute Gasteiger partial charge is 4.00 e. The zero-order chi connectivity index (χ0) is 6.10. The number of rotatable bonds is 0. The minimum Gasteiger partial charge on any atom is -1.00 e. The van der Waals surface area contributed by atoms with E-state index >= 15 is 0 Å². The number of hydrogen-bond acceptors (Lipinski definition) is 0. The Kier molecular flexibility index (Phi) is 13.0. The van der Waals surface area contributed by atoms with Gasteiger partial charge in [0.1, 0.15) is 0 Å². The maximum atomic E-state index is 2.99. The SMILES string of the molecule is [Cl-].[Cl-].[Cl-].[Ti+4].[c-]1cc2ccccc2[nH]1. The average Bonchev–Trinajstić information content (AvgIpc) is 2.33. The molecule has 0 radical (unpaired) electrons. The Morgan fingerprint density at radius 2 is 1.62 bits per heavy atom. The summed E-state index contributed by atoms with van der Waals surface area (Å²) in [6.07, 6.45) is 2.91.